The zero-order valence-corrected chi connectivity index (χ0v) is 11.3. The van der Waals surface area contributed by atoms with Gasteiger partial charge in [0.25, 0.3) is 0 Å². The number of rotatable bonds is 13. The number of unbranched alkanes of at least 4 members (excludes halogenated alkanes) is 4. The van der Waals surface area contributed by atoms with Gasteiger partial charge in [-0.2, -0.15) is 0 Å². The summed E-state index contributed by atoms with van der Waals surface area (Å²) < 4.78 is 9.85. The van der Waals surface area contributed by atoms with Crippen molar-refractivity contribution in [3.05, 3.63) is 0 Å². The van der Waals surface area contributed by atoms with E-state index in [9.17, 15) is 0 Å². The molecule has 1 unspecified atom stereocenters. The Kier molecular flexibility index (Phi) is 15.5. The third kappa shape index (κ3) is 14.3. The van der Waals surface area contributed by atoms with E-state index in [1.165, 1.54) is 25.7 Å². The van der Waals surface area contributed by atoms with Gasteiger partial charge in [-0.1, -0.05) is 12.8 Å². The third-order valence-electron chi connectivity index (χ3n) is 2.37. The minimum atomic E-state index is -0.353. The van der Waals surface area contributed by atoms with E-state index in [0.29, 0.717) is 6.61 Å². The van der Waals surface area contributed by atoms with Crippen molar-refractivity contribution in [2.75, 3.05) is 33.4 Å². The standard InChI is InChI=1S/C11H26NO3P/c1-14-10-7-5-9-12-8-4-2-3-6-11-15-16-13/h12-13,16H,2-11H2,1H3. The maximum absolute atomic E-state index is 8.41. The Morgan fingerprint density at radius 2 is 1.56 bits per heavy atom. The van der Waals surface area contributed by atoms with Crippen LogP contribution in [0.2, 0.25) is 0 Å². The first kappa shape index (κ1) is 16.3. The Balaban J connectivity index is 2.83. The van der Waals surface area contributed by atoms with Crippen molar-refractivity contribution in [3.63, 3.8) is 0 Å². The highest BCUT2D eigenvalue weighted by Gasteiger charge is 1.91. The molecule has 0 radical (unpaired) electrons. The van der Waals surface area contributed by atoms with Crippen molar-refractivity contribution in [2.24, 2.45) is 0 Å². The fraction of sp³-hybridized carbons (Fsp3) is 1.00. The summed E-state index contributed by atoms with van der Waals surface area (Å²) in [6, 6.07) is 0. The van der Waals surface area contributed by atoms with Crippen molar-refractivity contribution in [1.82, 2.24) is 5.32 Å². The van der Waals surface area contributed by atoms with E-state index < -0.39 is 0 Å². The summed E-state index contributed by atoms with van der Waals surface area (Å²) >= 11 is 0. The van der Waals surface area contributed by atoms with Crippen molar-refractivity contribution in [2.45, 2.75) is 38.5 Å². The van der Waals surface area contributed by atoms with E-state index in [1.807, 2.05) is 0 Å². The molecule has 0 spiro atoms. The van der Waals surface area contributed by atoms with Crippen molar-refractivity contribution < 1.29 is 14.2 Å². The van der Waals surface area contributed by atoms with Crippen LogP contribution in [0.5, 0.6) is 0 Å². The average Bonchev–Trinajstić information content (AvgIpc) is 2.31. The van der Waals surface area contributed by atoms with Gasteiger partial charge in [0, 0.05) is 13.7 Å². The van der Waals surface area contributed by atoms with Gasteiger partial charge in [-0.25, -0.2) is 0 Å². The molecular weight excluding hydrogens is 225 g/mol. The maximum Gasteiger partial charge on any atom is 0.152 e. The van der Waals surface area contributed by atoms with Gasteiger partial charge in [0.2, 0.25) is 0 Å². The summed E-state index contributed by atoms with van der Waals surface area (Å²) in [7, 11) is 1.39. The lowest BCUT2D eigenvalue weighted by atomic mass is 10.2. The Bertz CT molecular complexity index is 114. The zero-order chi connectivity index (χ0) is 11.9. The fourth-order valence-electron chi connectivity index (χ4n) is 1.44. The maximum atomic E-state index is 8.41. The highest BCUT2D eigenvalue weighted by molar-refractivity contribution is 7.24. The molecule has 0 amide bonds. The first-order valence-electron chi connectivity index (χ1n) is 6.12. The van der Waals surface area contributed by atoms with Gasteiger partial charge in [0.05, 0.1) is 6.61 Å². The molecule has 0 aliphatic rings. The molecule has 0 heterocycles. The summed E-state index contributed by atoms with van der Waals surface area (Å²) in [4.78, 5) is 8.41. The zero-order valence-electron chi connectivity index (χ0n) is 10.3. The molecule has 0 rings (SSSR count). The first-order chi connectivity index (χ1) is 7.91. The van der Waals surface area contributed by atoms with Crippen molar-refractivity contribution >= 4 is 9.03 Å². The van der Waals surface area contributed by atoms with Crippen LogP contribution < -0.4 is 5.32 Å². The van der Waals surface area contributed by atoms with E-state index in [2.05, 4.69) is 5.32 Å². The Labute approximate surface area is 101 Å². The minimum absolute atomic E-state index is 0.353. The first-order valence-corrected chi connectivity index (χ1v) is 6.98. The van der Waals surface area contributed by atoms with Crippen molar-refractivity contribution in [1.29, 1.82) is 0 Å². The molecule has 0 saturated carbocycles. The molecule has 0 fully saturated rings. The minimum Gasteiger partial charge on any atom is -0.385 e. The number of hydrogen-bond donors (Lipinski definition) is 2. The largest absolute Gasteiger partial charge is 0.385 e. The topological polar surface area (TPSA) is 50.7 Å². The fourth-order valence-corrected chi connectivity index (χ4v) is 1.68. The highest BCUT2D eigenvalue weighted by atomic mass is 31.1. The van der Waals surface area contributed by atoms with Crippen LogP contribution in [0.15, 0.2) is 0 Å². The normalized spacial score (nSPS) is 11.6. The quantitative estimate of drug-likeness (QED) is 0.389. The van der Waals surface area contributed by atoms with Gasteiger partial charge in [0.15, 0.2) is 9.03 Å². The van der Waals surface area contributed by atoms with Gasteiger partial charge in [-0.05, 0) is 38.8 Å². The molecule has 1 atom stereocenters. The summed E-state index contributed by atoms with van der Waals surface area (Å²) in [5, 5.41) is 3.42. The van der Waals surface area contributed by atoms with E-state index in [0.717, 1.165) is 32.5 Å². The molecule has 0 aliphatic carbocycles. The van der Waals surface area contributed by atoms with E-state index in [4.69, 9.17) is 14.2 Å². The lowest BCUT2D eigenvalue weighted by Crippen LogP contribution is -2.17. The molecule has 0 aromatic carbocycles. The van der Waals surface area contributed by atoms with E-state index in [1.54, 1.807) is 7.11 Å². The van der Waals surface area contributed by atoms with Gasteiger partial charge in [0.1, 0.15) is 0 Å². The van der Waals surface area contributed by atoms with Crippen LogP contribution in [0.25, 0.3) is 0 Å². The Morgan fingerprint density at radius 3 is 2.25 bits per heavy atom. The number of methoxy groups -OCH3 is 1. The molecule has 16 heavy (non-hydrogen) atoms. The molecule has 0 bridgehead atoms. The van der Waals surface area contributed by atoms with Crippen LogP contribution in [-0.2, 0) is 9.26 Å². The van der Waals surface area contributed by atoms with Gasteiger partial charge < -0.3 is 19.5 Å². The van der Waals surface area contributed by atoms with E-state index >= 15 is 0 Å². The molecule has 2 N–H and O–H groups in total. The second-order valence-electron chi connectivity index (χ2n) is 3.80. The van der Waals surface area contributed by atoms with Gasteiger partial charge in [-0.15, -0.1) is 0 Å². The predicted molar refractivity (Wildman–Crippen MR) is 68.9 cm³/mol. The van der Waals surface area contributed by atoms with Crippen LogP contribution in [-0.4, -0.2) is 38.3 Å². The van der Waals surface area contributed by atoms with Crippen LogP contribution in [0.1, 0.15) is 38.5 Å². The number of nitrogens with one attached hydrogen (secondary N) is 1. The van der Waals surface area contributed by atoms with Gasteiger partial charge >= 0.3 is 0 Å². The van der Waals surface area contributed by atoms with Crippen LogP contribution in [0, 0.1) is 0 Å². The molecular formula is C11H26NO3P. The SMILES string of the molecule is COCCCCNCCCCCCOPO. The molecule has 0 aromatic rings. The van der Waals surface area contributed by atoms with Crippen LogP contribution in [0.4, 0.5) is 0 Å². The lowest BCUT2D eigenvalue weighted by Gasteiger charge is -2.04. The summed E-state index contributed by atoms with van der Waals surface area (Å²) in [5.41, 5.74) is 0. The second-order valence-corrected chi connectivity index (χ2v) is 4.28. The predicted octanol–water partition coefficient (Wildman–Crippen LogP) is 2.08. The molecule has 98 valence electrons. The Hall–Kier alpha value is 0.270. The summed E-state index contributed by atoms with van der Waals surface area (Å²) in [6.07, 6.45) is 7.05. The molecule has 0 saturated heterocycles. The molecule has 4 nitrogen and oxygen atoms in total. The van der Waals surface area contributed by atoms with Crippen LogP contribution >= 0.6 is 9.03 Å². The second kappa shape index (κ2) is 15.3. The van der Waals surface area contributed by atoms with Crippen LogP contribution in [0.3, 0.4) is 0 Å². The molecule has 0 aliphatic heterocycles. The van der Waals surface area contributed by atoms with E-state index in [-0.39, 0.29) is 9.03 Å². The highest BCUT2D eigenvalue weighted by Crippen LogP contribution is 2.06. The summed E-state index contributed by atoms with van der Waals surface area (Å²) in [5.74, 6) is 0. The lowest BCUT2D eigenvalue weighted by molar-refractivity contribution is 0.192. The third-order valence-corrected chi connectivity index (χ3v) is 2.70. The smallest absolute Gasteiger partial charge is 0.152 e. The average molecular weight is 251 g/mol. The number of ether oxygens (including phenoxy) is 1. The van der Waals surface area contributed by atoms with Crippen molar-refractivity contribution in [3.8, 4) is 0 Å². The monoisotopic (exact) mass is 251 g/mol. The molecule has 5 heteroatoms. The molecule has 0 aromatic heterocycles. The van der Waals surface area contributed by atoms with Gasteiger partial charge in [-0.3, -0.25) is 0 Å². The summed E-state index contributed by atoms with van der Waals surface area (Å²) in [6.45, 7) is 3.76. The number of hydrogen-bond acceptors (Lipinski definition) is 4. The Morgan fingerprint density at radius 1 is 0.938 bits per heavy atom.